The van der Waals surface area contributed by atoms with Crippen LogP contribution in [-0.2, 0) is 0 Å². The van der Waals surface area contributed by atoms with E-state index in [0.29, 0.717) is 0 Å². The fourth-order valence-electron chi connectivity index (χ4n) is 2.28. The van der Waals surface area contributed by atoms with E-state index >= 15 is 0 Å². The zero-order chi connectivity index (χ0) is 14.5. The van der Waals surface area contributed by atoms with Crippen molar-refractivity contribution in [3.8, 4) is 11.1 Å². The number of amides is 1. The van der Waals surface area contributed by atoms with E-state index in [-0.39, 0.29) is 5.91 Å². The smallest absolute Gasteiger partial charge is 0.253 e. The van der Waals surface area contributed by atoms with Crippen molar-refractivity contribution in [1.82, 2.24) is 9.88 Å². The second kappa shape index (κ2) is 6.33. The second-order valence-corrected chi connectivity index (χ2v) is 4.75. The summed E-state index contributed by atoms with van der Waals surface area (Å²) in [6.07, 6.45) is 3.64. The normalized spacial score (nSPS) is 10.3. The zero-order valence-electron chi connectivity index (χ0n) is 12.3. The highest BCUT2D eigenvalue weighted by Gasteiger charge is 2.12. The summed E-state index contributed by atoms with van der Waals surface area (Å²) < 4.78 is 0. The van der Waals surface area contributed by atoms with Crippen LogP contribution in [0.15, 0.2) is 42.7 Å². The first-order valence-corrected chi connectivity index (χ1v) is 6.97. The Labute approximate surface area is 120 Å². The van der Waals surface area contributed by atoms with E-state index in [9.17, 15) is 4.79 Å². The molecule has 0 N–H and O–H groups in total. The maximum Gasteiger partial charge on any atom is 0.253 e. The molecule has 0 saturated carbocycles. The van der Waals surface area contributed by atoms with Crippen LogP contribution in [0.3, 0.4) is 0 Å². The Morgan fingerprint density at radius 3 is 2.30 bits per heavy atom. The lowest BCUT2D eigenvalue weighted by Crippen LogP contribution is -2.30. The van der Waals surface area contributed by atoms with Crippen molar-refractivity contribution in [3.63, 3.8) is 0 Å². The maximum atomic E-state index is 12.2. The molecule has 1 amide bonds. The summed E-state index contributed by atoms with van der Waals surface area (Å²) in [6, 6.07) is 9.79. The first-order chi connectivity index (χ1) is 9.67. The van der Waals surface area contributed by atoms with Crippen molar-refractivity contribution in [2.24, 2.45) is 0 Å². The number of carbonyl (C=O) groups excluding carboxylic acids is 1. The van der Waals surface area contributed by atoms with E-state index in [1.165, 1.54) is 0 Å². The lowest BCUT2D eigenvalue weighted by Gasteiger charge is -2.18. The molecule has 0 bridgehead atoms. The topological polar surface area (TPSA) is 33.2 Å². The molecule has 0 atom stereocenters. The largest absolute Gasteiger partial charge is 0.339 e. The van der Waals surface area contributed by atoms with Crippen LogP contribution in [0.2, 0.25) is 0 Å². The maximum absolute atomic E-state index is 12.2. The average molecular weight is 268 g/mol. The molecule has 0 spiro atoms. The van der Waals surface area contributed by atoms with Crippen LogP contribution in [0, 0.1) is 6.92 Å². The second-order valence-electron chi connectivity index (χ2n) is 4.75. The Bertz CT molecular complexity index is 586. The molecule has 3 heteroatoms. The molecule has 104 valence electrons. The third-order valence-electron chi connectivity index (χ3n) is 3.51. The van der Waals surface area contributed by atoms with Gasteiger partial charge in [-0.2, -0.15) is 0 Å². The summed E-state index contributed by atoms with van der Waals surface area (Å²) in [5, 5.41) is 0. The molecule has 20 heavy (non-hydrogen) atoms. The minimum Gasteiger partial charge on any atom is -0.339 e. The highest BCUT2D eigenvalue weighted by molar-refractivity contribution is 5.94. The Morgan fingerprint density at radius 1 is 1.10 bits per heavy atom. The van der Waals surface area contributed by atoms with Crippen LogP contribution in [0.4, 0.5) is 0 Å². The summed E-state index contributed by atoms with van der Waals surface area (Å²) >= 11 is 0. The van der Waals surface area contributed by atoms with Crippen molar-refractivity contribution < 1.29 is 4.79 Å². The van der Waals surface area contributed by atoms with Crippen molar-refractivity contribution in [2.45, 2.75) is 20.8 Å². The molecule has 3 nitrogen and oxygen atoms in total. The SMILES string of the molecule is CCN(CC)C(=O)c1ccc(-c2ccncc2C)cc1. The number of aryl methyl sites for hydroxylation is 1. The molecule has 0 radical (unpaired) electrons. The van der Waals surface area contributed by atoms with E-state index in [4.69, 9.17) is 0 Å². The zero-order valence-corrected chi connectivity index (χ0v) is 12.3. The molecule has 0 aliphatic rings. The van der Waals surface area contributed by atoms with Crippen LogP contribution in [0.5, 0.6) is 0 Å². The minimum atomic E-state index is 0.0907. The van der Waals surface area contributed by atoms with Crippen LogP contribution >= 0.6 is 0 Å². The van der Waals surface area contributed by atoms with E-state index in [2.05, 4.69) is 4.98 Å². The van der Waals surface area contributed by atoms with Gasteiger partial charge in [0.05, 0.1) is 0 Å². The Hall–Kier alpha value is -2.16. The van der Waals surface area contributed by atoms with Crippen LogP contribution in [0.25, 0.3) is 11.1 Å². The van der Waals surface area contributed by atoms with Crippen LogP contribution < -0.4 is 0 Å². The first kappa shape index (κ1) is 14.3. The summed E-state index contributed by atoms with van der Waals surface area (Å²) in [5.74, 6) is 0.0907. The highest BCUT2D eigenvalue weighted by Crippen LogP contribution is 2.22. The molecule has 2 rings (SSSR count). The van der Waals surface area contributed by atoms with Gasteiger partial charge in [0.1, 0.15) is 0 Å². The molecular formula is C17H20N2O. The summed E-state index contributed by atoms with van der Waals surface area (Å²) in [6.45, 7) is 7.50. The molecule has 0 aliphatic heterocycles. The monoisotopic (exact) mass is 268 g/mol. The summed E-state index contributed by atoms with van der Waals surface area (Å²) in [5.41, 5.74) is 4.14. The van der Waals surface area contributed by atoms with E-state index < -0.39 is 0 Å². The molecule has 0 fully saturated rings. The summed E-state index contributed by atoms with van der Waals surface area (Å²) in [7, 11) is 0. The van der Waals surface area contributed by atoms with Gasteiger partial charge in [-0.05, 0) is 55.7 Å². The van der Waals surface area contributed by atoms with Crippen LogP contribution in [0.1, 0.15) is 29.8 Å². The van der Waals surface area contributed by atoms with Gasteiger partial charge in [0, 0.05) is 31.0 Å². The number of pyridine rings is 1. The van der Waals surface area contributed by atoms with E-state index in [1.807, 2.05) is 62.2 Å². The molecule has 2 aromatic rings. The lowest BCUT2D eigenvalue weighted by atomic mass is 10.0. The van der Waals surface area contributed by atoms with Gasteiger partial charge in [0.15, 0.2) is 0 Å². The van der Waals surface area contributed by atoms with Crippen molar-refractivity contribution in [2.75, 3.05) is 13.1 Å². The van der Waals surface area contributed by atoms with Gasteiger partial charge in [-0.15, -0.1) is 0 Å². The van der Waals surface area contributed by atoms with Crippen LogP contribution in [-0.4, -0.2) is 28.9 Å². The highest BCUT2D eigenvalue weighted by atomic mass is 16.2. The molecule has 1 aromatic carbocycles. The van der Waals surface area contributed by atoms with Gasteiger partial charge in [-0.3, -0.25) is 9.78 Å². The Morgan fingerprint density at radius 2 is 1.75 bits per heavy atom. The standard InChI is InChI=1S/C17H20N2O/c1-4-19(5-2)17(20)15-8-6-14(7-9-15)16-10-11-18-12-13(16)3/h6-12H,4-5H2,1-3H3. The minimum absolute atomic E-state index is 0.0907. The Kier molecular flexibility index (Phi) is 4.51. The predicted molar refractivity (Wildman–Crippen MR) is 81.7 cm³/mol. The number of hydrogen-bond donors (Lipinski definition) is 0. The Balaban J connectivity index is 2.27. The first-order valence-electron chi connectivity index (χ1n) is 6.97. The van der Waals surface area contributed by atoms with Gasteiger partial charge in [-0.1, -0.05) is 12.1 Å². The third kappa shape index (κ3) is 2.87. The molecule has 1 aromatic heterocycles. The number of carbonyl (C=O) groups is 1. The van der Waals surface area contributed by atoms with Crippen molar-refractivity contribution in [3.05, 3.63) is 53.9 Å². The van der Waals surface area contributed by atoms with Gasteiger partial charge in [0.25, 0.3) is 5.91 Å². The van der Waals surface area contributed by atoms with Gasteiger partial charge in [-0.25, -0.2) is 0 Å². The van der Waals surface area contributed by atoms with Gasteiger partial charge >= 0.3 is 0 Å². The predicted octanol–water partition coefficient (Wildman–Crippen LogP) is 3.54. The number of nitrogens with zero attached hydrogens (tertiary/aromatic N) is 2. The van der Waals surface area contributed by atoms with Crippen molar-refractivity contribution in [1.29, 1.82) is 0 Å². The number of rotatable bonds is 4. The summed E-state index contributed by atoms with van der Waals surface area (Å²) in [4.78, 5) is 18.2. The average Bonchev–Trinajstić information content (AvgIpc) is 2.49. The lowest BCUT2D eigenvalue weighted by molar-refractivity contribution is 0.0773. The molecule has 0 aliphatic carbocycles. The van der Waals surface area contributed by atoms with E-state index in [1.54, 1.807) is 6.20 Å². The number of benzene rings is 1. The van der Waals surface area contributed by atoms with Crippen molar-refractivity contribution >= 4 is 5.91 Å². The quantitative estimate of drug-likeness (QED) is 0.849. The molecular weight excluding hydrogens is 248 g/mol. The number of hydrogen-bond acceptors (Lipinski definition) is 2. The molecule has 0 unspecified atom stereocenters. The fourth-order valence-corrected chi connectivity index (χ4v) is 2.28. The van der Waals surface area contributed by atoms with Gasteiger partial charge in [0.2, 0.25) is 0 Å². The van der Waals surface area contributed by atoms with E-state index in [0.717, 1.165) is 35.3 Å². The van der Waals surface area contributed by atoms with Gasteiger partial charge < -0.3 is 4.90 Å². The molecule has 1 heterocycles. The fraction of sp³-hybridized carbons (Fsp3) is 0.294. The molecule has 0 saturated heterocycles. The third-order valence-corrected chi connectivity index (χ3v) is 3.51. The number of aromatic nitrogens is 1.